The fraction of sp³-hybridized carbons (Fsp3) is 0.207. The average Bonchev–Trinajstić information content (AvgIpc) is 4.02. The lowest BCUT2D eigenvalue weighted by Crippen LogP contribution is -2.35. The van der Waals surface area contributed by atoms with E-state index in [4.69, 9.17) is 14.2 Å². The summed E-state index contributed by atoms with van der Waals surface area (Å²) in [5.41, 5.74) is 15.2. The Morgan fingerprint density at radius 1 is 0.460 bits per heavy atom. The second-order valence-electron chi connectivity index (χ2n) is 18.3. The van der Waals surface area contributed by atoms with Crippen LogP contribution in [0.4, 0.5) is 17.1 Å². The first-order valence-electron chi connectivity index (χ1n) is 22.6. The van der Waals surface area contributed by atoms with Crippen molar-refractivity contribution in [3.63, 3.8) is 0 Å². The Hall–Kier alpha value is -6.66. The molecule has 2 fully saturated rings. The number of benzene rings is 5. The molecule has 10 unspecified atom stereocenters. The van der Waals surface area contributed by atoms with Crippen molar-refractivity contribution < 1.29 is 14.2 Å². The summed E-state index contributed by atoms with van der Waals surface area (Å²) in [5, 5.41) is 0. The number of rotatable bonds is 6. The Balaban J connectivity index is 0.993. The SMILES string of the molecule is Cc1cccc(N(C2=CC3C(OC4c5ccccc5C(N(c5cccc(C)c5)c5cccc6c5OC5C=CC=CC65)=CC43)c3ccccc32)C2=CC=CC3C2OC2C=CC=CC23)c1. The van der Waals surface area contributed by atoms with Crippen molar-refractivity contribution in [1.29, 1.82) is 0 Å². The summed E-state index contributed by atoms with van der Waals surface area (Å²) >= 11 is 0. The molecule has 5 aromatic carbocycles. The molecule has 308 valence electrons. The van der Waals surface area contributed by atoms with Gasteiger partial charge in [-0.15, -0.1) is 0 Å². The maximum atomic E-state index is 7.42. The molecule has 10 atom stereocenters. The zero-order valence-corrected chi connectivity index (χ0v) is 35.4. The number of ether oxygens (including phenoxy) is 3. The highest BCUT2D eigenvalue weighted by atomic mass is 16.5. The van der Waals surface area contributed by atoms with E-state index < -0.39 is 0 Å². The Morgan fingerprint density at radius 3 is 1.76 bits per heavy atom. The zero-order valence-electron chi connectivity index (χ0n) is 35.4. The van der Waals surface area contributed by atoms with Crippen molar-refractivity contribution in [3.8, 4) is 5.75 Å². The number of para-hydroxylation sites is 1. The molecule has 63 heavy (non-hydrogen) atoms. The molecule has 0 aromatic heterocycles. The standard InChI is InChI=1S/C58H48N2O3/c1-35-15-11-17-37(31-35)59(49-27-13-25-45-41-21-7-9-29-53(41)61-57(45)49)51-33-47-48-34-52(40-20-4-6-24-44(40)56(48)63-55(47)43-23-5-3-19-39(43)51)60(38-18-12-16-36(2)32-38)50-28-14-26-46-42-22-8-10-30-54(42)62-58(46)50/h3-34,41-42,45,47-48,53-57H,1-2H3. The van der Waals surface area contributed by atoms with Crippen LogP contribution in [0.15, 0.2) is 200 Å². The molecule has 5 heteroatoms. The van der Waals surface area contributed by atoms with Gasteiger partial charge in [-0.25, -0.2) is 0 Å². The highest BCUT2D eigenvalue weighted by Gasteiger charge is 2.52. The summed E-state index contributed by atoms with van der Waals surface area (Å²) in [7, 11) is 0. The smallest absolute Gasteiger partial charge is 0.148 e. The first-order chi connectivity index (χ1) is 31.1. The maximum Gasteiger partial charge on any atom is 0.148 e. The van der Waals surface area contributed by atoms with Crippen molar-refractivity contribution in [2.45, 2.75) is 50.3 Å². The van der Waals surface area contributed by atoms with E-state index in [2.05, 4.69) is 218 Å². The van der Waals surface area contributed by atoms with Gasteiger partial charge in [-0.1, -0.05) is 152 Å². The first-order valence-corrected chi connectivity index (χ1v) is 22.6. The molecule has 13 rings (SSSR count). The van der Waals surface area contributed by atoms with Crippen LogP contribution in [-0.2, 0) is 9.47 Å². The van der Waals surface area contributed by atoms with Gasteiger partial charge in [0, 0.05) is 63.4 Å². The first kappa shape index (κ1) is 36.9. The van der Waals surface area contributed by atoms with Crippen LogP contribution in [0.25, 0.3) is 11.4 Å². The van der Waals surface area contributed by atoms with E-state index in [9.17, 15) is 0 Å². The average molecular weight is 821 g/mol. The van der Waals surface area contributed by atoms with Crippen molar-refractivity contribution in [1.82, 2.24) is 0 Å². The van der Waals surface area contributed by atoms with Gasteiger partial charge in [-0.05, 0) is 78.6 Å². The predicted molar refractivity (Wildman–Crippen MR) is 252 cm³/mol. The maximum absolute atomic E-state index is 7.42. The van der Waals surface area contributed by atoms with Crippen LogP contribution < -0.4 is 14.5 Å². The van der Waals surface area contributed by atoms with E-state index in [1.54, 1.807) is 0 Å². The zero-order chi connectivity index (χ0) is 41.8. The third-order valence-corrected chi connectivity index (χ3v) is 14.6. The third-order valence-electron chi connectivity index (χ3n) is 14.6. The molecule has 3 heterocycles. The van der Waals surface area contributed by atoms with Gasteiger partial charge in [0.2, 0.25) is 0 Å². The van der Waals surface area contributed by atoms with Crippen molar-refractivity contribution in [2.24, 2.45) is 23.7 Å². The molecule has 0 saturated carbocycles. The largest absolute Gasteiger partial charge is 0.483 e. The highest BCUT2D eigenvalue weighted by Crippen LogP contribution is 2.60. The van der Waals surface area contributed by atoms with Gasteiger partial charge in [-0.3, -0.25) is 0 Å². The molecular formula is C58H48N2O3. The van der Waals surface area contributed by atoms with Gasteiger partial charge >= 0.3 is 0 Å². The van der Waals surface area contributed by atoms with Crippen LogP contribution in [0.5, 0.6) is 5.75 Å². The molecule has 5 aromatic rings. The lowest BCUT2D eigenvalue weighted by atomic mass is 9.74. The van der Waals surface area contributed by atoms with Crippen LogP contribution in [0.2, 0.25) is 0 Å². The fourth-order valence-electron chi connectivity index (χ4n) is 11.8. The summed E-state index contributed by atoms with van der Waals surface area (Å²) in [6, 6.07) is 42.3. The highest BCUT2D eigenvalue weighted by molar-refractivity contribution is 5.93. The minimum Gasteiger partial charge on any atom is -0.483 e. The Labute approximate surface area is 369 Å². The number of nitrogens with zero attached hydrogens (tertiary/aromatic N) is 2. The van der Waals surface area contributed by atoms with E-state index in [-0.39, 0.29) is 54.2 Å². The lowest BCUT2D eigenvalue weighted by Gasteiger charge is -2.39. The van der Waals surface area contributed by atoms with Crippen molar-refractivity contribution >= 4 is 28.5 Å². The van der Waals surface area contributed by atoms with E-state index in [1.807, 2.05) is 0 Å². The summed E-state index contributed by atoms with van der Waals surface area (Å²) in [6.07, 6.45) is 29.2. The number of allylic oxidation sites excluding steroid dienone is 6. The van der Waals surface area contributed by atoms with E-state index in [0.717, 1.165) is 28.5 Å². The molecule has 3 aliphatic heterocycles. The van der Waals surface area contributed by atoms with Crippen LogP contribution in [0.3, 0.4) is 0 Å². The monoisotopic (exact) mass is 820 g/mol. The second-order valence-corrected chi connectivity index (χ2v) is 18.3. The number of hydrogen-bond acceptors (Lipinski definition) is 5. The Morgan fingerprint density at radius 2 is 1.05 bits per heavy atom. The number of anilines is 3. The van der Waals surface area contributed by atoms with Crippen LogP contribution >= 0.6 is 0 Å². The number of hydrogen-bond donors (Lipinski definition) is 0. The van der Waals surface area contributed by atoms with Gasteiger partial charge in [0.1, 0.15) is 18.0 Å². The predicted octanol–water partition coefficient (Wildman–Crippen LogP) is 13.0. The quantitative estimate of drug-likeness (QED) is 0.170. The third kappa shape index (κ3) is 5.76. The molecular weight excluding hydrogens is 773 g/mol. The number of fused-ring (bicyclic) bond motifs is 13. The van der Waals surface area contributed by atoms with Crippen LogP contribution in [0, 0.1) is 37.5 Å². The van der Waals surface area contributed by atoms with Gasteiger partial charge in [-0.2, -0.15) is 0 Å². The van der Waals surface area contributed by atoms with E-state index >= 15 is 0 Å². The Bertz CT molecular complexity index is 2960. The van der Waals surface area contributed by atoms with Crippen LogP contribution in [0.1, 0.15) is 57.1 Å². The van der Waals surface area contributed by atoms with Gasteiger partial charge in [0.25, 0.3) is 0 Å². The minimum absolute atomic E-state index is 0.0228. The molecule has 5 aliphatic carbocycles. The topological polar surface area (TPSA) is 34.2 Å². The second kappa shape index (κ2) is 14.5. The Kier molecular flexibility index (Phi) is 8.47. The lowest BCUT2D eigenvalue weighted by molar-refractivity contribution is 0.0314. The van der Waals surface area contributed by atoms with E-state index in [0.29, 0.717) is 5.92 Å². The van der Waals surface area contributed by atoms with Gasteiger partial charge in [0.05, 0.1) is 35.4 Å². The minimum atomic E-state index is -0.132. The van der Waals surface area contributed by atoms with Crippen molar-refractivity contribution in [2.75, 3.05) is 9.80 Å². The van der Waals surface area contributed by atoms with Crippen LogP contribution in [-0.4, -0.2) is 18.3 Å². The molecule has 0 N–H and O–H groups in total. The molecule has 2 saturated heterocycles. The summed E-state index contributed by atoms with van der Waals surface area (Å²) in [5.74, 6) is 1.75. The molecule has 0 radical (unpaired) electrons. The van der Waals surface area contributed by atoms with Crippen molar-refractivity contribution in [3.05, 3.63) is 239 Å². The normalized spacial score (nSPS) is 29.4. The molecule has 0 spiro atoms. The molecule has 8 aliphatic rings. The number of aryl methyl sites for hydroxylation is 2. The van der Waals surface area contributed by atoms with Gasteiger partial charge in [0.15, 0.2) is 0 Å². The van der Waals surface area contributed by atoms with E-state index in [1.165, 1.54) is 50.3 Å². The summed E-state index contributed by atoms with van der Waals surface area (Å²) in [6.45, 7) is 4.36. The summed E-state index contributed by atoms with van der Waals surface area (Å²) < 4.78 is 21.3. The summed E-state index contributed by atoms with van der Waals surface area (Å²) in [4.78, 5) is 4.97. The molecule has 0 amide bonds. The molecule has 0 bridgehead atoms. The molecule has 5 nitrogen and oxygen atoms in total. The fourth-order valence-corrected chi connectivity index (χ4v) is 11.8. The van der Waals surface area contributed by atoms with Gasteiger partial charge < -0.3 is 24.0 Å².